The maximum Gasteiger partial charge on any atom is 0.254 e. The largest absolute Gasteiger partial charge is 0.392 e. The predicted octanol–water partition coefficient (Wildman–Crippen LogP) is 2.41. The quantitative estimate of drug-likeness (QED) is 0.891. The molecule has 1 amide bonds. The molecule has 0 radical (unpaired) electrons. The number of nitrogens with zero attached hydrogens (tertiary/aromatic N) is 2. The second-order valence-corrected chi connectivity index (χ2v) is 5.90. The molecule has 2 rings (SSSR count). The van der Waals surface area contributed by atoms with Gasteiger partial charge in [0.25, 0.3) is 5.91 Å². The number of hydrogen-bond acceptors (Lipinski definition) is 3. The van der Waals surface area contributed by atoms with Crippen LogP contribution in [0.3, 0.4) is 0 Å². The molecule has 1 aromatic carbocycles. The molecule has 0 fully saturated rings. The molecule has 0 aliphatic heterocycles. The molecule has 5 heteroatoms. The molecule has 5 nitrogen and oxygen atoms in total. The minimum absolute atomic E-state index is 0.149. The van der Waals surface area contributed by atoms with Gasteiger partial charge in [-0.2, -0.15) is 5.10 Å². The first kappa shape index (κ1) is 16.2. The third-order valence-corrected chi connectivity index (χ3v) is 3.43. The monoisotopic (exact) mass is 301 g/mol. The van der Waals surface area contributed by atoms with E-state index < -0.39 is 6.10 Å². The third-order valence-electron chi connectivity index (χ3n) is 3.43. The van der Waals surface area contributed by atoms with Crippen molar-refractivity contribution in [2.45, 2.75) is 39.7 Å². The number of benzene rings is 1. The van der Waals surface area contributed by atoms with Gasteiger partial charge in [0.1, 0.15) is 0 Å². The lowest BCUT2D eigenvalue weighted by Crippen LogP contribution is -2.31. The zero-order chi connectivity index (χ0) is 16.3. The van der Waals surface area contributed by atoms with E-state index in [1.165, 1.54) is 5.56 Å². The first-order valence-corrected chi connectivity index (χ1v) is 7.51. The fourth-order valence-corrected chi connectivity index (χ4v) is 2.32. The molecular formula is C17H23N3O2. The molecule has 2 aromatic rings. The van der Waals surface area contributed by atoms with Gasteiger partial charge in [0.05, 0.1) is 29.2 Å². The van der Waals surface area contributed by atoms with Gasteiger partial charge in [0.2, 0.25) is 0 Å². The summed E-state index contributed by atoms with van der Waals surface area (Å²) in [4.78, 5) is 12.3. The van der Waals surface area contributed by atoms with Gasteiger partial charge < -0.3 is 10.4 Å². The lowest BCUT2D eigenvalue weighted by molar-refractivity contribution is 0.0922. The van der Waals surface area contributed by atoms with E-state index in [1.807, 2.05) is 45.0 Å². The molecular weight excluding hydrogens is 278 g/mol. The van der Waals surface area contributed by atoms with Crippen molar-refractivity contribution in [3.63, 3.8) is 0 Å². The van der Waals surface area contributed by atoms with Crippen LogP contribution in [0.4, 0.5) is 0 Å². The molecule has 0 bridgehead atoms. The Morgan fingerprint density at radius 1 is 1.27 bits per heavy atom. The molecule has 1 aromatic heterocycles. The van der Waals surface area contributed by atoms with E-state index >= 15 is 0 Å². The topological polar surface area (TPSA) is 67.2 Å². The van der Waals surface area contributed by atoms with Crippen LogP contribution >= 0.6 is 0 Å². The standard InChI is InChI=1S/C17H23N3O2/c1-11(2)16-15(17(22)18-9-13(4)21)10-19-20(16)14-7-5-12(3)6-8-14/h5-8,10-11,13,21H,9H2,1-4H3,(H,18,22). The molecule has 0 saturated carbocycles. The molecule has 1 unspecified atom stereocenters. The molecule has 118 valence electrons. The fraction of sp³-hybridized carbons (Fsp3) is 0.412. The Morgan fingerprint density at radius 3 is 2.45 bits per heavy atom. The molecule has 0 aliphatic rings. The number of nitrogens with one attached hydrogen (secondary N) is 1. The van der Waals surface area contributed by atoms with Crippen LogP contribution in [-0.2, 0) is 0 Å². The lowest BCUT2D eigenvalue weighted by Gasteiger charge is -2.13. The Bertz CT molecular complexity index is 642. The van der Waals surface area contributed by atoms with Crippen molar-refractivity contribution >= 4 is 5.91 Å². The maximum atomic E-state index is 12.3. The van der Waals surface area contributed by atoms with Crippen molar-refractivity contribution in [3.8, 4) is 5.69 Å². The van der Waals surface area contributed by atoms with Gasteiger partial charge in [-0.1, -0.05) is 31.5 Å². The minimum Gasteiger partial charge on any atom is -0.392 e. The second kappa shape index (κ2) is 6.75. The number of aryl methyl sites for hydroxylation is 1. The van der Waals surface area contributed by atoms with Gasteiger partial charge in [-0.25, -0.2) is 4.68 Å². The summed E-state index contributed by atoms with van der Waals surface area (Å²) in [5.74, 6) is -0.0564. The molecule has 0 spiro atoms. The zero-order valence-corrected chi connectivity index (χ0v) is 13.5. The summed E-state index contributed by atoms with van der Waals surface area (Å²) in [7, 11) is 0. The van der Waals surface area contributed by atoms with Crippen LogP contribution in [0.5, 0.6) is 0 Å². The minimum atomic E-state index is -0.571. The number of aromatic nitrogens is 2. The molecule has 0 saturated heterocycles. The predicted molar refractivity (Wildman–Crippen MR) is 86.4 cm³/mol. The summed E-state index contributed by atoms with van der Waals surface area (Å²) in [6.07, 6.45) is 1.02. The summed E-state index contributed by atoms with van der Waals surface area (Å²) in [6, 6.07) is 8.03. The smallest absolute Gasteiger partial charge is 0.254 e. The molecule has 1 heterocycles. The highest BCUT2D eigenvalue weighted by atomic mass is 16.3. The van der Waals surface area contributed by atoms with Crippen molar-refractivity contribution in [2.24, 2.45) is 0 Å². The summed E-state index contributed by atoms with van der Waals surface area (Å²) < 4.78 is 1.81. The molecule has 22 heavy (non-hydrogen) atoms. The summed E-state index contributed by atoms with van der Waals surface area (Å²) in [5, 5.41) is 16.4. The van der Waals surface area contributed by atoms with Crippen molar-refractivity contribution < 1.29 is 9.90 Å². The Labute approximate surface area is 131 Å². The van der Waals surface area contributed by atoms with E-state index in [1.54, 1.807) is 17.8 Å². The van der Waals surface area contributed by atoms with Gasteiger partial charge in [-0.05, 0) is 31.9 Å². The number of hydrogen-bond donors (Lipinski definition) is 2. The van der Waals surface area contributed by atoms with E-state index in [4.69, 9.17) is 0 Å². The highest BCUT2D eigenvalue weighted by molar-refractivity contribution is 5.95. The SMILES string of the molecule is Cc1ccc(-n2ncc(C(=O)NCC(C)O)c2C(C)C)cc1. The number of carbonyl (C=O) groups is 1. The van der Waals surface area contributed by atoms with Crippen LogP contribution in [0.25, 0.3) is 5.69 Å². The maximum absolute atomic E-state index is 12.3. The first-order chi connectivity index (χ1) is 10.4. The van der Waals surface area contributed by atoms with Crippen molar-refractivity contribution in [1.82, 2.24) is 15.1 Å². The van der Waals surface area contributed by atoms with Crippen LogP contribution < -0.4 is 5.32 Å². The van der Waals surface area contributed by atoms with E-state index in [0.29, 0.717) is 5.56 Å². The van der Waals surface area contributed by atoms with Crippen molar-refractivity contribution in [2.75, 3.05) is 6.54 Å². The van der Waals surface area contributed by atoms with Gasteiger partial charge in [-0.3, -0.25) is 4.79 Å². The molecule has 0 aliphatic carbocycles. The number of rotatable bonds is 5. The number of amides is 1. The highest BCUT2D eigenvalue weighted by Crippen LogP contribution is 2.23. The van der Waals surface area contributed by atoms with Crippen LogP contribution in [0.1, 0.15) is 48.3 Å². The Kier molecular flexibility index (Phi) is 4.98. The summed E-state index contributed by atoms with van der Waals surface area (Å²) in [6.45, 7) is 7.97. The van der Waals surface area contributed by atoms with Crippen LogP contribution in [0.2, 0.25) is 0 Å². The fourth-order valence-electron chi connectivity index (χ4n) is 2.32. The molecule has 1 atom stereocenters. The van der Waals surface area contributed by atoms with E-state index in [-0.39, 0.29) is 18.4 Å². The van der Waals surface area contributed by atoms with Crippen molar-refractivity contribution in [3.05, 3.63) is 47.3 Å². The highest BCUT2D eigenvalue weighted by Gasteiger charge is 2.20. The third kappa shape index (κ3) is 3.54. The van der Waals surface area contributed by atoms with Crippen molar-refractivity contribution in [1.29, 1.82) is 0 Å². The lowest BCUT2D eigenvalue weighted by atomic mass is 10.0. The van der Waals surface area contributed by atoms with E-state index in [9.17, 15) is 9.90 Å². The van der Waals surface area contributed by atoms with Gasteiger partial charge in [0.15, 0.2) is 0 Å². The van der Waals surface area contributed by atoms with Crippen LogP contribution in [-0.4, -0.2) is 33.4 Å². The average molecular weight is 301 g/mol. The van der Waals surface area contributed by atoms with Gasteiger partial charge in [0, 0.05) is 6.54 Å². The zero-order valence-electron chi connectivity index (χ0n) is 13.5. The van der Waals surface area contributed by atoms with Crippen LogP contribution in [0.15, 0.2) is 30.5 Å². The van der Waals surface area contributed by atoms with Gasteiger partial charge in [-0.15, -0.1) is 0 Å². The van der Waals surface area contributed by atoms with E-state index in [2.05, 4.69) is 10.4 Å². The first-order valence-electron chi connectivity index (χ1n) is 7.51. The number of aliphatic hydroxyl groups is 1. The summed E-state index contributed by atoms with van der Waals surface area (Å²) in [5.41, 5.74) is 3.53. The average Bonchev–Trinajstić information content (AvgIpc) is 2.90. The number of carbonyl (C=O) groups excluding carboxylic acids is 1. The molecule has 2 N–H and O–H groups in total. The normalized spacial score (nSPS) is 12.5. The Hall–Kier alpha value is -2.14. The van der Waals surface area contributed by atoms with Gasteiger partial charge >= 0.3 is 0 Å². The second-order valence-electron chi connectivity index (χ2n) is 5.90. The van der Waals surface area contributed by atoms with Crippen LogP contribution in [0, 0.1) is 6.92 Å². The Morgan fingerprint density at radius 2 is 1.91 bits per heavy atom. The Balaban J connectivity index is 2.37. The summed E-state index contributed by atoms with van der Waals surface area (Å²) >= 11 is 0. The number of aliphatic hydroxyl groups excluding tert-OH is 1. The van der Waals surface area contributed by atoms with E-state index in [0.717, 1.165) is 11.4 Å².